The average Bonchev–Trinajstić information content (AvgIpc) is 3.24. The number of benzene rings is 1. The Kier molecular flexibility index (Phi) is 3.59. The molecular formula is C14H12F4N4. The molecule has 0 spiro atoms. The van der Waals surface area contributed by atoms with Crippen LogP contribution in [0, 0.1) is 5.82 Å². The molecule has 1 heterocycles. The van der Waals surface area contributed by atoms with Crippen LogP contribution in [0.2, 0.25) is 0 Å². The Morgan fingerprint density at radius 3 is 2.32 bits per heavy atom. The van der Waals surface area contributed by atoms with Crippen LogP contribution in [-0.2, 0) is 6.18 Å². The van der Waals surface area contributed by atoms with Crippen LogP contribution in [0.25, 0.3) is 0 Å². The zero-order valence-corrected chi connectivity index (χ0v) is 11.3. The van der Waals surface area contributed by atoms with Crippen molar-refractivity contribution in [2.75, 3.05) is 10.6 Å². The summed E-state index contributed by atoms with van der Waals surface area (Å²) in [6.07, 6.45) is -2.79. The minimum absolute atomic E-state index is 0.00270. The van der Waals surface area contributed by atoms with E-state index in [4.69, 9.17) is 0 Å². The first-order valence-corrected chi connectivity index (χ1v) is 6.65. The Hall–Kier alpha value is -2.38. The maximum Gasteiger partial charge on any atom is 0.433 e. The number of halogens is 4. The van der Waals surface area contributed by atoms with E-state index in [9.17, 15) is 17.6 Å². The Balaban J connectivity index is 1.89. The third kappa shape index (κ3) is 3.63. The summed E-state index contributed by atoms with van der Waals surface area (Å²) in [6.45, 7) is 0. The minimum atomic E-state index is -4.57. The SMILES string of the molecule is Fc1ccc(Nc2cc(C(F)(F)F)nc(NC3CC3)n2)cc1. The van der Waals surface area contributed by atoms with Gasteiger partial charge in [0.2, 0.25) is 5.95 Å². The summed E-state index contributed by atoms with van der Waals surface area (Å²) >= 11 is 0. The van der Waals surface area contributed by atoms with Gasteiger partial charge in [-0.1, -0.05) is 0 Å². The third-order valence-corrected chi connectivity index (χ3v) is 3.04. The van der Waals surface area contributed by atoms with Gasteiger partial charge < -0.3 is 10.6 Å². The first-order chi connectivity index (χ1) is 10.4. The Morgan fingerprint density at radius 2 is 1.73 bits per heavy atom. The average molecular weight is 312 g/mol. The number of hydrogen-bond acceptors (Lipinski definition) is 4. The predicted octanol–water partition coefficient (Wildman–Crippen LogP) is 3.95. The molecule has 8 heteroatoms. The van der Waals surface area contributed by atoms with E-state index in [1.54, 1.807) is 0 Å². The standard InChI is InChI=1S/C14H12F4N4/c15-8-1-3-9(4-2-8)19-12-7-11(14(16,17)18)21-13(22-12)20-10-5-6-10/h1-4,7,10H,5-6H2,(H2,19,20,21,22). The molecule has 116 valence electrons. The lowest BCUT2D eigenvalue weighted by molar-refractivity contribution is -0.141. The predicted molar refractivity (Wildman–Crippen MR) is 73.4 cm³/mol. The van der Waals surface area contributed by atoms with Gasteiger partial charge in [0.05, 0.1) is 0 Å². The normalized spacial score (nSPS) is 14.7. The highest BCUT2D eigenvalue weighted by Gasteiger charge is 2.34. The van der Waals surface area contributed by atoms with Crippen molar-refractivity contribution in [2.45, 2.75) is 25.1 Å². The van der Waals surface area contributed by atoms with Crippen molar-refractivity contribution >= 4 is 17.5 Å². The first kappa shape index (κ1) is 14.6. The van der Waals surface area contributed by atoms with Crippen molar-refractivity contribution in [1.82, 2.24) is 9.97 Å². The van der Waals surface area contributed by atoms with Gasteiger partial charge in [0.25, 0.3) is 0 Å². The van der Waals surface area contributed by atoms with Gasteiger partial charge in [-0.2, -0.15) is 18.2 Å². The maximum atomic E-state index is 12.9. The molecule has 0 bridgehead atoms. The van der Waals surface area contributed by atoms with E-state index >= 15 is 0 Å². The number of nitrogens with zero attached hydrogens (tertiary/aromatic N) is 2. The summed E-state index contributed by atoms with van der Waals surface area (Å²) in [5.74, 6) is -0.501. The molecule has 0 radical (unpaired) electrons. The Bertz CT molecular complexity index is 666. The molecule has 0 saturated heterocycles. The van der Waals surface area contributed by atoms with E-state index in [0.717, 1.165) is 18.9 Å². The van der Waals surface area contributed by atoms with Crippen molar-refractivity contribution in [3.63, 3.8) is 0 Å². The minimum Gasteiger partial charge on any atom is -0.351 e. The van der Waals surface area contributed by atoms with Crippen molar-refractivity contribution in [3.05, 3.63) is 41.8 Å². The second-order valence-corrected chi connectivity index (χ2v) is 5.01. The number of anilines is 3. The van der Waals surface area contributed by atoms with E-state index in [1.165, 1.54) is 24.3 Å². The molecular weight excluding hydrogens is 300 g/mol. The molecule has 22 heavy (non-hydrogen) atoms. The lowest BCUT2D eigenvalue weighted by atomic mass is 10.3. The van der Waals surface area contributed by atoms with Crippen LogP contribution >= 0.6 is 0 Å². The molecule has 0 aliphatic heterocycles. The number of rotatable bonds is 4. The van der Waals surface area contributed by atoms with Crippen molar-refractivity contribution in [2.24, 2.45) is 0 Å². The van der Waals surface area contributed by atoms with Crippen LogP contribution in [0.3, 0.4) is 0 Å². The molecule has 1 fully saturated rings. The molecule has 1 aromatic heterocycles. The van der Waals surface area contributed by atoms with Crippen molar-refractivity contribution < 1.29 is 17.6 Å². The van der Waals surface area contributed by atoms with Gasteiger partial charge in [-0.15, -0.1) is 0 Å². The molecule has 1 aromatic carbocycles. The molecule has 3 rings (SSSR count). The summed E-state index contributed by atoms with van der Waals surface area (Å²) in [5, 5.41) is 5.56. The van der Waals surface area contributed by atoms with E-state index < -0.39 is 17.7 Å². The fraction of sp³-hybridized carbons (Fsp3) is 0.286. The number of alkyl halides is 3. The second kappa shape index (κ2) is 5.43. The molecule has 2 N–H and O–H groups in total. The van der Waals surface area contributed by atoms with Gasteiger partial charge in [-0.05, 0) is 37.1 Å². The quantitative estimate of drug-likeness (QED) is 0.839. The van der Waals surface area contributed by atoms with E-state index in [-0.39, 0.29) is 17.8 Å². The summed E-state index contributed by atoms with van der Waals surface area (Å²) in [7, 11) is 0. The Morgan fingerprint density at radius 1 is 1.05 bits per heavy atom. The molecule has 0 amide bonds. The third-order valence-electron chi connectivity index (χ3n) is 3.04. The van der Waals surface area contributed by atoms with Gasteiger partial charge in [0.1, 0.15) is 11.6 Å². The monoisotopic (exact) mass is 312 g/mol. The zero-order valence-electron chi connectivity index (χ0n) is 11.3. The summed E-state index contributed by atoms with van der Waals surface area (Å²) in [6, 6.07) is 6.19. The van der Waals surface area contributed by atoms with Crippen LogP contribution < -0.4 is 10.6 Å². The maximum absolute atomic E-state index is 12.9. The summed E-state index contributed by atoms with van der Waals surface area (Å²) < 4.78 is 51.5. The topological polar surface area (TPSA) is 49.8 Å². The van der Waals surface area contributed by atoms with Gasteiger partial charge in [-0.3, -0.25) is 0 Å². The molecule has 4 nitrogen and oxygen atoms in total. The molecule has 2 aromatic rings. The molecule has 1 aliphatic rings. The molecule has 0 atom stereocenters. The summed E-state index contributed by atoms with van der Waals surface area (Å²) in [5.41, 5.74) is -0.596. The molecule has 1 aliphatic carbocycles. The highest BCUT2D eigenvalue weighted by atomic mass is 19.4. The molecule has 0 unspecified atom stereocenters. The van der Waals surface area contributed by atoms with Gasteiger partial charge in [-0.25, -0.2) is 9.37 Å². The lowest BCUT2D eigenvalue weighted by Crippen LogP contribution is -2.14. The zero-order chi connectivity index (χ0) is 15.7. The van der Waals surface area contributed by atoms with Crippen LogP contribution in [-0.4, -0.2) is 16.0 Å². The number of aromatic nitrogens is 2. The lowest BCUT2D eigenvalue weighted by Gasteiger charge is -2.12. The van der Waals surface area contributed by atoms with Crippen LogP contribution in [0.1, 0.15) is 18.5 Å². The van der Waals surface area contributed by atoms with Gasteiger partial charge in [0.15, 0.2) is 5.69 Å². The van der Waals surface area contributed by atoms with E-state index in [2.05, 4.69) is 20.6 Å². The second-order valence-electron chi connectivity index (χ2n) is 5.01. The van der Waals surface area contributed by atoms with Crippen molar-refractivity contribution in [3.8, 4) is 0 Å². The Labute approximate surface area is 123 Å². The van der Waals surface area contributed by atoms with Crippen LogP contribution in [0.15, 0.2) is 30.3 Å². The smallest absolute Gasteiger partial charge is 0.351 e. The highest BCUT2D eigenvalue weighted by Crippen LogP contribution is 2.31. The molecule has 1 saturated carbocycles. The van der Waals surface area contributed by atoms with Crippen LogP contribution in [0.5, 0.6) is 0 Å². The van der Waals surface area contributed by atoms with E-state index in [1.807, 2.05) is 0 Å². The first-order valence-electron chi connectivity index (χ1n) is 6.65. The largest absolute Gasteiger partial charge is 0.433 e. The van der Waals surface area contributed by atoms with Gasteiger partial charge >= 0.3 is 6.18 Å². The fourth-order valence-corrected chi connectivity index (χ4v) is 1.81. The van der Waals surface area contributed by atoms with Crippen molar-refractivity contribution in [1.29, 1.82) is 0 Å². The number of hydrogen-bond donors (Lipinski definition) is 2. The summed E-state index contributed by atoms with van der Waals surface area (Å²) in [4.78, 5) is 7.51. The van der Waals surface area contributed by atoms with Gasteiger partial charge in [0, 0.05) is 17.8 Å². The fourth-order valence-electron chi connectivity index (χ4n) is 1.81. The van der Waals surface area contributed by atoms with E-state index in [0.29, 0.717) is 5.69 Å². The number of nitrogens with one attached hydrogen (secondary N) is 2. The highest BCUT2D eigenvalue weighted by molar-refractivity contribution is 5.57. The van der Waals surface area contributed by atoms with Crippen LogP contribution in [0.4, 0.5) is 35.0 Å².